The Morgan fingerprint density at radius 1 is 1.02 bits per heavy atom. The van der Waals surface area contributed by atoms with Gasteiger partial charge < -0.3 is 50.9 Å². The number of carbonyl (C=O) groups excluding carboxylic acids is 3. The third-order valence-electron chi connectivity index (χ3n) is 9.46. The molecule has 336 valence electrons. The number of ketones is 1. The molecule has 10 N–H and O–H groups in total. The molecule has 0 radical (unpaired) electrons. The molecule has 7 atom stereocenters. The van der Waals surface area contributed by atoms with Crippen molar-refractivity contribution < 1.29 is 80.5 Å². The second kappa shape index (κ2) is 19.0. The van der Waals surface area contributed by atoms with Crippen LogP contribution in [-0.4, -0.2) is 123 Å². The minimum absolute atomic E-state index is 0.0291. The molecule has 62 heavy (non-hydrogen) atoms. The van der Waals surface area contributed by atoms with Gasteiger partial charge in [0.1, 0.15) is 36.3 Å². The summed E-state index contributed by atoms with van der Waals surface area (Å²) in [5.74, 6) is -1.18. The Labute approximate surface area is 355 Å². The molecule has 2 amide bonds. The van der Waals surface area contributed by atoms with E-state index in [-0.39, 0.29) is 42.3 Å². The Kier molecular flexibility index (Phi) is 14.5. The van der Waals surface area contributed by atoms with Crippen LogP contribution in [-0.2, 0) is 50.7 Å². The number of nitrogen functional groups attached to an aromatic ring is 1. The number of amides is 2. The van der Waals surface area contributed by atoms with Gasteiger partial charge in [-0.15, -0.1) is 11.8 Å². The van der Waals surface area contributed by atoms with Crippen molar-refractivity contribution in [2.75, 3.05) is 37.8 Å². The van der Waals surface area contributed by atoms with Crippen molar-refractivity contribution in [3.63, 3.8) is 0 Å². The van der Waals surface area contributed by atoms with Gasteiger partial charge in [-0.1, -0.05) is 38.1 Å². The minimum atomic E-state index is -5.58. The quantitative estimate of drug-likeness (QED) is 0.0493. The molecule has 0 spiro atoms. The molecule has 2 unspecified atom stereocenters. The van der Waals surface area contributed by atoms with E-state index in [1.54, 1.807) is 6.08 Å². The average molecular weight is 946 g/mol. The number of thioether (sulfide) groups is 1. The molecule has 3 aliphatic rings. The number of nitrogens with two attached hydrogens (primary N) is 1. The third-order valence-corrected chi connectivity index (χ3v) is 13.7. The van der Waals surface area contributed by atoms with Gasteiger partial charge in [0.2, 0.25) is 11.8 Å². The number of phosphoric ester groups is 3. The van der Waals surface area contributed by atoms with E-state index >= 15 is 0 Å². The number of carbonyl (C=O) groups is 3. The normalized spacial score (nSPS) is 22.5. The van der Waals surface area contributed by atoms with Gasteiger partial charge in [0, 0.05) is 36.3 Å². The van der Waals surface area contributed by atoms with Crippen molar-refractivity contribution in [2.45, 2.75) is 50.9 Å². The summed E-state index contributed by atoms with van der Waals surface area (Å²) in [5.41, 5.74) is 6.06. The molecule has 1 saturated heterocycles. The van der Waals surface area contributed by atoms with Gasteiger partial charge in [0.25, 0.3) is 0 Å². The van der Waals surface area contributed by atoms with E-state index in [0.717, 1.165) is 38.8 Å². The number of phosphoric acid groups is 3. The molecule has 3 heterocycles. The Hall–Kier alpha value is -4.00. The van der Waals surface area contributed by atoms with Crippen LogP contribution in [0.3, 0.4) is 0 Å². The standard InChI is InChI=1S/C34H42N7O17P3S/c1-34(2,29(45)32(46)37-10-9-24(43)36-11-12-62-28-21-13-18-5-3-4-6-19(18)20(21)7-8-22(28)42)15-55-61(52,53)58-60(50,51)54-14-23-27(57-59(47,48)49)26(44)33(56-23)41-17-40-25-30(35)38-16-39-31(25)41/h3-8,13,16-17,23,26-27,29,33,44-45H,9-12,14-15H2,1-2H3,(H,36,43)(H,37,46)(H,50,51)(H,52,53)(H2,35,38,39)(H2,47,48,49)/t23-,26-,27-,29+,33-/m1/s1. The molecule has 1 fully saturated rings. The number of benzene rings is 1. The zero-order chi connectivity index (χ0) is 45.2. The first-order valence-corrected chi connectivity index (χ1v) is 23.9. The fraction of sp³-hybridized carbons (Fsp3) is 0.412. The van der Waals surface area contributed by atoms with E-state index in [2.05, 4.69) is 34.4 Å². The van der Waals surface area contributed by atoms with E-state index in [0.29, 0.717) is 10.7 Å². The Balaban J connectivity index is 0.935. The SMILES string of the molecule is CC(C)(COP(=O)(O)OP(=O)(O)OC[C@H]1O[C@@H](n2cnc3c(N)ncnc32)[C@H](O)[C@@H]1OP(=O)(O)O)[C@@H](O)C(=O)NCCC(=O)NCCSC1=C2C=c3ccccc3=C2C=CC1=O. The smallest absolute Gasteiger partial charge is 0.386 e. The average Bonchev–Trinajstić information content (AvgIpc) is 3.88. The van der Waals surface area contributed by atoms with E-state index in [1.165, 1.54) is 31.7 Å². The highest BCUT2D eigenvalue weighted by molar-refractivity contribution is 8.04. The van der Waals surface area contributed by atoms with Crippen LogP contribution in [0.5, 0.6) is 0 Å². The maximum absolute atomic E-state index is 12.7. The summed E-state index contributed by atoms with van der Waals surface area (Å²) in [6.45, 7) is 0.503. The van der Waals surface area contributed by atoms with Gasteiger partial charge in [0.15, 0.2) is 23.5 Å². The summed E-state index contributed by atoms with van der Waals surface area (Å²) in [6.07, 6.45) is -1.67. The summed E-state index contributed by atoms with van der Waals surface area (Å²) < 4.78 is 62.4. The topological polar surface area (TPSA) is 364 Å². The first kappa shape index (κ1) is 47.5. The van der Waals surface area contributed by atoms with Crippen LogP contribution >= 0.6 is 35.2 Å². The monoisotopic (exact) mass is 945 g/mol. The van der Waals surface area contributed by atoms with E-state index < -0.39 is 84.6 Å². The predicted octanol–water partition coefficient (Wildman–Crippen LogP) is -0.824. The number of aliphatic hydroxyl groups excluding tert-OH is 2. The number of fused-ring (bicyclic) bond motifs is 3. The van der Waals surface area contributed by atoms with Crippen LogP contribution in [0.25, 0.3) is 22.8 Å². The lowest BCUT2D eigenvalue weighted by atomic mass is 9.87. The number of hydrogen-bond acceptors (Lipinski definition) is 18. The Morgan fingerprint density at radius 3 is 2.48 bits per heavy atom. The highest BCUT2D eigenvalue weighted by Gasteiger charge is 2.50. The van der Waals surface area contributed by atoms with E-state index in [9.17, 15) is 57.9 Å². The Bertz CT molecular complexity index is 2580. The van der Waals surface area contributed by atoms with Crippen molar-refractivity contribution in [3.8, 4) is 0 Å². The van der Waals surface area contributed by atoms with Crippen LogP contribution in [0.1, 0.15) is 26.5 Å². The molecule has 3 aromatic rings. The molecule has 0 bridgehead atoms. The number of hydrogen-bond donors (Lipinski definition) is 9. The van der Waals surface area contributed by atoms with Crippen molar-refractivity contribution in [2.24, 2.45) is 5.41 Å². The van der Waals surface area contributed by atoms with Gasteiger partial charge in [-0.25, -0.2) is 28.6 Å². The second-order valence-corrected chi connectivity index (χ2v) is 19.8. The highest BCUT2D eigenvalue weighted by Crippen LogP contribution is 2.61. The van der Waals surface area contributed by atoms with Crippen molar-refractivity contribution in [1.29, 1.82) is 0 Å². The number of nitrogens with zero attached hydrogens (tertiary/aromatic N) is 4. The van der Waals surface area contributed by atoms with Gasteiger partial charge in [-0.3, -0.25) is 32.5 Å². The maximum atomic E-state index is 12.7. The number of rotatable bonds is 20. The van der Waals surface area contributed by atoms with Gasteiger partial charge >= 0.3 is 23.5 Å². The highest BCUT2D eigenvalue weighted by atomic mass is 32.2. The summed E-state index contributed by atoms with van der Waals surface area (Å²) in [5, 5.41) is 28.7. The molecular weight excluding hydrogens is 903 g/mol. The van der Waals surface area contributed by atoms with Crippen molar-refractivity contribution >= 4 is 81.5 Å². The summed E-state index contributed by atoms with van der Waals surface area (Å²) in [4.78, 5) is 89.5. The van der Waals surface area contributed by atoms with Gasteiger partial charge in [0.05, 0.1) is 24.4 Å². The lowest BCUT2D eigenvalue weighted by Crippen LogP contribution is -2.46. The molecule has 1 aliphatic heterocycles. The predicted molar refractivity (Wildman–Crippen MR) is 217 cm³/mol. The van der Waals surface area contributed by atoms with Crippen molar-refractivity contribution in [1.82, 2.24) is 30.2 Å². The molecular formula is C34H42N7O17P3S. The first-order valence-electron chi connectivity index (χ1n) is 18.4. The van der Waals surface area contributed by atoms with Crippen LogP contribution < -0.4 is 26.8 Å². The minimum Gasteiger partial charge on any atom is -0.386 e. The Morgan fingerprint density at radius 2 is 1.74 bits per heavy atom. The van der Waals surface area contributed by atoms with Crippen LogP contribution in [0.2, 0.25) is 0 Å². The number of imidazole rings is 1. The number of ether oxygens (including phenoxy) is 1. The lowest BCUT2D eigenvalue weighted by Gasteiger charge is -2.30. The number of nitrogens with one attached hydrogen (secondary N) is 2. The number of aromatic nitrogens is 4. The summed E-state index contributed by atoms with van der Waals surface area (Å²) >= 11 is 1.31. The number of anilines is 1. The van der Waals surface area contributed by atoms with Crippen LogP contribution in [0, 0.1) is 5.41 Å². The fourth-order valence-electron chi connectivity index (χ4n) is 6.41. The molecule has 0 saturated carbocycles. The van der Waals surface area contributed by atoms with E-state index in [1.807, 2.05) is 30.3 Å². The molecule has 2 aromatic heterocycles. The summed E-state index contributed by atoms with van der Waals surface area (Å²) in [7, 11) is -16.4. The molecule has 1 aromatic carbocycles. The molecule has 6 rings (SSSR count). The maximum Gasteiger partial charge on any atom is 0.481 e. The molecule has 24 nitrogen and oxygen atoms in total. The molecule has 2 aliphatic carbocycles. The zero-order valence-corrected chi connectivity index (χ0v) is 36.1. The summed E-state index contributed by atoms with van der Waals surface area (Å²) in [6, 6.07) is 7.79. The van der Waals surface area contributed by atoms with Crippen LogP contribution in [0.15, 0.2) is 59.6 Å². The van der Waals surface area contributed by atoms with Crippen molar-refractivity contribution in [3.05, 3.63) is 70.0 Å². The van der Waals surface area contributed by atoms with Gasteiger partial charge in [-0.05, 0) is 34.2 Å². The lowest BCUT2D eigenvalue weighted by molar-refractivity contribution is -0.137. The number of allylic oxidation sites excluding steroid dienone is 4. The van der Waals surface area contributed by atoms with Crippen LogP contribution in [0.4, 0.5) is 5.82 Å². The second-order valence-electron chi connectivity index (χ2n) is 14.5. The number of aliphatic hydroxyl groups is 2. The first-order chi connectivity index (χ1) is 29.1. The largest absolute Gasteiger partial charge is 0.481 e. The zero-order valence-electron chi connectivity index (χ0n) is 32.6. The van der Waals surface area contributed by atoms with E-state index in [4.69, 9.17) is 19.5 Å². The third kappa shape index (κ3) is 11.4. The fourth-order valence-corrected chi connectivity index (χ4v) is 10.2. The van der Waals surface area contributed by atoms with Gasteiger partial charge in [-0.2, -0.15) is 4.31 Å². The molecule has 28 heteroatoms.